The Balaban J connectivity index is 1.58. The van der Waals surface area contributed by atoms with E-state index in [0.29, 0.717) is 31.1 Å². The number of hydrogen-bond acceptors (Lipinski definition) is 6. The molecule has 0 spiro atoms. The van der Waals surface area contributed by atoms with Crippen LogP contribution in [0.3, 0.4) is 0 Å². The summed E-state index contributed by atoms with van der Waals surface area (Å²) in [6.45, 7) is 7.86. The third-order valence-corrected chi connectivity index (χ3v) is 8.01. The number of piperazine rings is 1. The van der Waals surface area contributed by atoms with Crippen molar-refractivity contribution in [2.45, 2.75) is 25.7 Å². The maximum atomic E-state index is 13.2. The number of anilines is 1. The third-order valence-electron chi connectivity index (χ3n) is 4.98. The number of nitrogens with zero attached hydrogens (tertiary/aromatic N) is 4. The second-order valence-electron chi connectivity index (χ2n) is 6.96. The van der Waals surface area contributed by atoms with E-state index in [1.807, 2.05) is 44.4 Å². The van der Waals surface area contributed by atoms with Crippen LogP contribution < -0.4 is 4.90 Å². The number of hydrogen-bond donors (Lipinski definition) is 0. The van der Waals surface area contributed by atoms with Crippen molar-refractivity contribution in [3.63, 3.8) is 0 Å². The van der Waals surface area contributed by atoms with E-state index >= 15 is 0 Å². The summed E-state index contributed by atoms with van der Waals surface area (Å²) >= 11 is 1.59. The van der Waals surface area contributed by atoms with Crippen LogP contribution in [0.2, 0.25) is 0 Å². The largest absolute Gasteiger partial charge is 0.353 e. The number of aryl methyl sites for hydroxylation is 3. The third kappa shape index (κ3) is 3.22. The van der Waals surface area contributed by atoms with Gasteiger partial charge in [0.15, 0.2) is 0 Å². The fraction of sp³-hybridized carbons (Fsp3) is 0.368. The van der Waals surface area contributed by atoms with Crippen molar-refractivity contribution >= 4 is 37.4 Å². The van der Waals surface area contributed by atoms with Gasteiger partial charge >= 0.3 is 0 Å². The van der Waals surface area contributed by atoms with E-state index in [1.165, 1.54) is 0 Å². The monoisotopic (exact) mass is 402 g/mol. The van der Waals surface area contributed by atoms with E-state index in [-0.39, 0.29) is 0 Å². The molecule has 8 heteroatoms. The van der Waals surface area contributed by atoms with E-state index in [2.05, 4.69) is 14.9 Å². The average molecular weight is 403 g/mol. The van der Waals surface area contributed by atoms with Crippen molar-refractivity contribution in [2.24, 2.45) is 0 Å². The lowest BCUT2D eigenvalue weighted by atomic mass is 10.1. The van der Waals surface area contributed by atoms with Gasteiger partial charge in [-0.05, 0) is 43.3 Å². The van der Waals surface area contributed by atoms with E-state index in [4.69, 9.17) is 0 Å². The van der Waals surface area contributed by atoms with Crippen LogP contribution in [-0.4, -0.2) is 48.9 Å². The fourth-order valence-electron chi connectivity index (χ4n) is 3.87. The predicted molar refractivity (Wildman–Crippen MR) is 109 cm³/mol. The van der Waals surface area contributed by atoms with Gasteiger partial charge < -0.3 is 4.90 Å². The molecule has 1 aliphatic heterocycles. The van der Waals surface area contributed by atoms with Gasteiger partial charge in [-0.1, -0.05) is 17.7 Å². The highest BCUT2D eigenvalue weighted by Gasteiger charge is 2.31. The minimum atomic E-state index is -3.50. The zero-order valence-electron chi connectivity index (χ0n) is 15.6. The number of thiophene rings is 1. The minimum absolute atomic E-state index is 0.448. The number of rotatable bonds is 3. The first-order valence-electron chi connectivity index (χ1n) is 8.89. The molecule has 0 amide bonds. The highest BCUT2D eigenvalue weighted by molar-refractivity contribution is 7.89. The van der Waals surface area contributed by atoms with Crippen molar-refractivity contribution in [1.29, 1.82) is 0 Å². The van der Waals surface area contributed by atoms with Gasteiger partial charge in [0.05, 0.1) is 10.3 Å². The Hall–Kier alpha value is -2.03. The molecule has 142 valence electrons. The van der Waals surface area contributed by atoms with Gasteiger partial charge in [-0.3, -0.25) is 0 Å². The molecule has 6 nitrogen and oxygen atoms in total. The Kier molecular flexibility index (Phi) is 4.65. The van der Waals surface area contributed by atoms with Gasteiger partial charge in [0.25, 0.3) is 0 Å². The van der Waals surface area contributed by atoms with E-state index < -0.39 is 10.0 Å². The summed E-state index contributed by atoms with van der Waals surface area (Å²) < 4.78 is 28.1. The normalized spacial score (nSPS) is 16.2. The molecule has 1 aromatic carbocycles. The van der Waals surface area contributed by atoms with Crippen molar-refractivity contribution < 1.29 is 8.42 Å². The first-order valence-corrected chi connectivity index (χ1v) is 11.2. The second kappa shape index (κ2) is 6.85. The van der Waals surface area contributed by atoms with Crippen LogP contribution in [0.15, 0.2) is 34.8 Å². The molecule has 0 saturated carbocycles. The first-order chi connectivity index (χ1) is 12.9. The van der Waals surface area contributed by atoms with Crippen LogP contribution in [0.4, 0.5) is 5.82 Å². The molecule has 3 heterocycles. The number of sulfonamides is 1. The molecular weight excluding hydrogens is 380 g/mol. The Morgan fingerprint density at radius 2 is 1.67 bits per heavy atom. The number of fused-ring (bicyclic) bond motifs is 1. The van der Waals surface area contributed by atoms with Crippen LogP contribution in [0, 0.1) is 20.8 Å². The standard InChI is InChI=1S/C19H22N4O2S2/c1-13-10-14(2)17(15(3)11-13)27(24,25)23-7-5-22(6-8-23)18-16-4-9-26-19(16)21-12-20-18/h4,9-12H,5-8H2,1-3H3. The van der Waals surface area contributed by atoms with Crippen LogP contribution in [0.5, 0.6) is 0 Å². The van der Waals surface area contributed by atoms with E-state index in [1.54, 1.807) is 22.0 Å². The molecule has 0 aliphatic carbocycles. The molecule has 3 aromatic rings. The maximum absolute atomic E-state index is 13.2. The van der Waals surface area contributed by atoms with Crippen LogP contribution in [0.1, 0.15) is 16.7 Å². The molecule has 27 heavy (non-hydrogen) atoms. The SMILES string of the molecule is Cc1cc(C)c(S(=O)(=O)N2CCN(c3ncnc4sccc34)CC2)c(C)c1. The molecule has 4 rings (SSSR count). The highest BCUT2D eigenvalue weighted by atomic mass is 32.2. The number of benzene rings is 1. The fourth-order valence-corrected chi connectivity index (χ4v) is 6.43. The summed E-state index contributed by atoms with van der Waals surface area (Å²) in [7, 11) is -3.50. The molecule has 1 fully saturated rings. The summed E-state index contributed by atoms with van der Waals surface area (Å²) in [5.74, 6) is 0.890. The van der Waals surface area contributed by atoms with Crippen LogP contribution in [-0.2, 0) is 10.0 Å². The highest BCUT2D eigenvalue weighted by Crippen LogP contribution is 2.29. The molecule has 0 N–H and O–H groups in total. The Morgan fingerprint density at radius 3 is 2.33 bits per heavy atom. The quantitative estimate of drug-likeness (QED) is 0.673. The maximum Gasteiger partial charge on any atom is 0.243 e. The van der Waals surface area contributed by atoms with Crippen LogP contribution >= 0.6 is 11.3 Å². The van der Waals surface area contributed by atoms with Gasteiger partial charge in [-0.15, -0.1) is 11.3 Å². The average Bonchev–Trinajstić information content (AvgIpc) is 3.09. The molecule has 1 aliphatic rings. The van der Waals surface area contributed by atoms with Gasteiger partial charge in [0.1, 0.15) is 17.0 Å². The van der Waals surface area contributed by atoms with Crippen molar-refractivity contribution in [2.75, 3.05) is 31.1 Å². The summed E-state index contributed by atoms with van der Waals surface area (Å²) in [6.07, 6.45) is 1.58. The zero-order valence-corrected chi connectivity index (χ0v) is 17.3. The lowest BCUT2D eigenvalue weighted by molar-refractivity contribution is 0.383. The zero-order chi connectivity index (χ0) is 19.2. The second-order valence-corrected chi connectivity index (χ2v) is 9.73. The Morgan fingerprint density at radius 1 is 1.00 bits per heavy atom. The molecule has 0 atom stereocenters. The summed E-state index contributed by atoms with van der Waals surface area (Å²) in [5, 5.41) is 3.04. The molecule has 0 radical (unpaired) electrons. The topological polar surface area (TPSA) is 66.4 Å². The van der Waals surface area contributed by atoms with Crippen LogP contribution in [0.25, 0.3) is 10.2 Å². The van der Waals surface area contributed by atoms with Gasteiger partial charge in [0, 0.05) is 26.2 Å². The minimum Gasteiger partial charge on any atom is -0.353 e. The lowest BCUT2D eigenvalue weighted by Crippen LogP contribution is -2.49. The Labute approximate surface area is 163 Å². The van der Waals surface area contributed by atoms with Gasteiger partial charge in [0.2, 0.25) is 10.0 Å². The first kappa shape index (κ1) is 18.3. The molecule has 1 saturated heterocycles. The molecule has 0 unspecified atom stereocenters. The summed E-state index contributed by atoms with van der Waals surface area (Å²) in [4.78, 5) is 12.3. The van der Waals surface area contributed by atoms with Gasteiger partial charge in [-0.2, -0.15) is 4.31 Å². The summed E-state index contributed by atoms with van der Waals surface area (Å²) in [5.41, 5.74) is 2.70. The summed E-state index contributed by atoms with van der Waals surface area (Å²) in [6, 6.07) is 5.89. The van der Waals surface area contributed by atoms with E-state index in [0.717, 1.165) is 32.7 Å². The van der Waals surface area contributed by atoms with Crippen molar-refractivity contribution in [3.8, 4) is 0 Å². The predicted octanol–water partition coefficient (Wildman–Crippen LogP) is 3.13. The van der Waals surface area contributed by atoms with Gasteiger partial charge in [-0.25, -0.2) is 18.4 Å². The molecule has 2 aromatic heterocycles. The number of aromatic nitrogens is 2. The molecular formula is C19H22N4O2S2. The smallest absolute Gasteiger partial charge is 0.243 e. The molecule has 0 bridgehead atoms. The Bertz CT molecular complexity index is 1080. The lowest BCUT2D eigenvalue weighted by Gasteiger charge is -2.35. The van der Waals surface area contributed by atoms with E-state index in [9.17, 15) is 8.42 Å². The van der Waals surface area contributed by atoms with Crippen molar-refractivity contribution in [3.05, 3.63) is 46.6 Å². The van der Waals surface area contributed by atoms with Crippen molar-refractivity contribution in [1.82, 2.24) is 14.3 Å².